The van der Waals surface area contributed by atoms with E-state index in [9.17, 15) is 4.79 Å². The summed E-state index contributed by atoms with van der Waals surface area (Å²) in [5, 5.41) is 10.6. The van der Waals surface area contributed by atoms with Gasteiger partial charge in [-0.05, 0) is 31.2 Å². The molecule has 0 aliphatic heterocycles. The smallest absolute Gasteiger partial charge is 0.273 e. The van der Waals surface area contributed by atoms with Crippen LogP contribution in [0.15, 0.2) is 53.3 Å². The summed E-state index contributed by atoms with van der Waals surface area (Å²) in [4.78, 5) is 12.0. The maximum atomic E-state index is 12.0. The van der Waals surface area contributed by atoms with E-state index >= 15 is 0 Å². The fourth-order valence-corrected chi connectivity index (χ4v) is 1.86. The minimum absolute atomic E-state index is 0.266. The summed E-state index contributed by atoms with van der Waals surface area (Å²) < 4.78 is 6.72. The normalized spacial score (nSPS) is 10.5. The van der Waals surface area contributed by atoms with Crippen LogP contribution in [0, 0.1) is 6.92 Å². The number of carbonyl (C=O) groups excluding carboxylic acids is 1. The summed E-state index contributed by atoms with van der Waals surface area (Å²) in [5.74, 6) is 0.402. The van der Waals surface area contributed by atoms with E-state index in [1.165, 1.54) is 0 Å². The molecule has 0 radical (unpaired) electrons. The molecule has 1 N–H and O–H groups in total. The Balaban J connectivity index is 1.69. The number of rotatable bonds is 4. The molecule has 0 spiro atoms. The van der Waals surface area contributed by atoms with Gasteiger partial charge in [-0.1, -0.05) is 22.9 Å². The molecule has 0 aliphatic carbocycles. The van der Waals surface area contributed by atoms with Crippen LogP contribution in [0.25, 0.3) is 5.69 Å². The van der Waals surface area contributed by atoms with E-state index in [4.69, 9.17) is 4.42 Å². The molecule has 2 aromatic heterocycles. The Bertz CT molecular complexity index is 729. The van der Waals surface area contributed by atoms with Gasteiger partial charge in [-0.2, -0.15) is 0 Å². The maximum absolute atomic E-state index is 12.0. The lowest BCUT2D eigenvalue weighted by Gasteiger charge is -2.00. The number of nitrogens with zero attached hydrogens (tertiary/aromatic N) is 3. The Morgan fingerprint density at radius 2 is 2.10 bits per heavy atom. The van der Waals surface area contributed by atoms with Gasteiger partial charge in [0.2, 0.25) is 0 Å². The summed E-state index contributed by atoms with van der Waals surface area (Å²) >= 11 is 0. The number of aryl methyl sites for hydroxylation is 1. The average molecular weight is 282 g/mol. The lowest BCUT2D eigenvalue weighted by atomic mass is 10.2. The standard InChI is InChI=1S/C15H14N4O2/c1-11-4-6-12(7-5-11)19-10-14(17-18-19)15(20)16-9-13-3-2-8-21-13/h2-8,10H,9H2,1H3,(H,16,20). The Morgan fingerprint density at radius 1 is 1.29 bits per heavy atom. The van der Waals surface area contributed by atoms with Gasteiger partial charge in [-0.3, -0.25) is 4.79 Å². The summed E-state index contributed by atoms with van der Waals surface area (Å²) in [6, 6.07) is 11.4. The zero-order valence-electron chi connectivity index (χ0n) is 11.5. The molecule has 2 heterocycles. The van der Waals surface area contributed by atoms with Crippen LogP contribution >= 0.6 is 0 Å². The van der Waals surface area contributed by atoms with Crippen molar-refractivity contribution in [2.45, 2.75) is 13.5 Å². The van der Waals surface area contributed by atoms with Gasteiger partial charge in [-0.15, -0.1) is 5.10 Å². The summed E-state index contributed by atoms with van der Waals surface area (Å²) in [6.07, 6.45) is 3.16. The van der Waals surface area contributed by atoms with Crippen LogP contribution in [0.5, 0.6) is 0 Å². The zero-order valence-corrected chi connectivity index (χ0v) is 11.5. The van der Waals surface area contributed by atoms with Crippen molar-refractivity contribution >= 4 is 5.91 Å². The van der Waals surface area contributed by atoms with E-state index in [-0.39, 0.29) is 11.6 Å². The Hall–Kier alpha value is -2.89. The first-order valence-corrected chi connectivity index (χ1v) is 6.52. The summed E-state index contributed by atoms with van der Waals surface area (Å²) in [6.45, 7) is 2.34. The van der Waals surface area contributed by atoms with Crippen molar-refractivity contribution in [2.24, 2.45) is 0 Å². The highest BCUT2D eigenvalue weighted by Crippen LogP contribution is 2.08. The molecule has 6 nitrogen and oxygen atoms in total. The van der Waals surface area contributed by atoms with Gasteiger partial charge in [-0.25, -0.2) is 4.68 Å². The molecule has 0 unspecified atom stereocenters. The maximum Gasteiger partial charge on any atom is 0.273 e. The van der Waals surface area contributed by atoms with Crippen LogP contribution in [0.1, 0.15) is 21.8 Å². The molecule has 0 atom stereocenters. The van der Waals surface area contributed by atoms with Gasteiger partial charge in [0.1, 0.15) is 5.76 Å². The molecule has 6 heteroatoms. The van der Waals surface area contributed by atoms with Crippen LogP contribution in [0.2, 0.25) is 0 Å². The van der Waals surface area contributed by atoms with Crippen LogP contribution in [0.4, 0.5) is 0 Å². The number of furan rings is 1. The quantitative estimate of drug-likeness (QED) is 0.795. The minimum atomic E-state index is -0.287. The highest BCUT2D eigenvalue weighted by atomic mass is 16.3. The monoisotopic (exact) mass is 282 g/mol. The Kier molecular flexibility index (Phi) is 3.51. The van der Waals surface area contributed by atoms with Crippen molar-refractivity contribution in [3.05, 3.63) is 65.9 Å². The van der Waals surface area contributed by atoms with Gasteiger partial charge in [0.15, 0.2) is 5.69 Å². The third-order valence-corrected chi connectivity index (χ3v) is 3.03. The average Bonchev–Trinajstić information content (AvgIpc) is 3.17. The molecule has 0 saturated carbocycles. The van der Waals surface area contributed by atoms with Crippen molar-refractivity contribution in [2.75, 3.05) is 0 Å². The van der Waals surface area contributed by atoms with Gasteiger partial charge >= 0.3 is 0 Å². The topological polar surface area (TPSA) is 73.0 Å². The van der Waals surface area contributed by atoms with Crippen molar-refractivity contribution in [3.8, 4) is 5.69 Å². The van der Waals surface area contributed by atoms with Crippen molar-refractivity contribution in [1.29, 1.82) is 0 Å². The highest BCUT2D eigenvalue weighted by Gasteiger charge is 2.11. The van der Waals surface area contributed by atoms with Crippen molar-refractivity contribution in [3.63, 3.8) is 0 Å². The van der Waals surface area contributed by atoms with Crippen LogP contribution in [0.3, 0.4) is 0 Å². The van der Waals surface area contributed by atoms with Crippen LogP contribution in [-0.2, 0) is 6.54 Å². The molecule has 1 amide bonds. The highest BCUT2D eigenvalue weighted by molar-refractivity contribution is 5.91. The number of nitrogens with one attached hydrogen (secondary N) is 1. The number of aromatic nitrogens is 3. The molecule has 0 saturated heterocycles. The first-order valence-electron chi connectivity index (χ1n) is 6.52. The first kappa shape index (κ1) is 13.1. The van der Waals surface area contributed by atoms with Gasteiger partial charge in [0.25, 0.3) is 5.91 Å². The second kappa shape index (κ2) is 5.62. The fraction of sp³-hybridized carbons (Fsp3) is 0.133. The van der Waals surface area contributed by atoms with Crippen molar-refractivity contribution < 1.29 is 9.21 Å². The Morgan fingerprint density at radius 3 is 2.81 bits per heavy atom. The largest absolute Gasteiger partial charge is 0.467 e. The first-order chi connectivity index (χ1) is 10.2. The van der Waals surface area contributed by atoms with E-state index < -0.39 is 0 Å². The number of hydrogen-bond donors (Lipinski definition) is 1. The molecular weight excluding hydrogens is 268 g/mol. The predicted octanol–water partition coefficient (Wildman–Crippen LogP) is 2.10. The van der Waals surface area contributed by atoms with Gasteiger partial charge < -0.3 is 9.73 Å². The lowest BCUT2D eigenvalue weighted by Crippen LogP contribution is -2.22. The molecule has 1 aromatic carbocycles. The molecule has 0 aliphatic rings. The van der Waals surface area contributed by atoms with Gasteiger partial charge in [0.05, 0.1) is 24.7 Å². The third kappa shape index (κ3) is 3.00. The van der Waals surface area contributed by atoms with E-state index in [0.717, 1.165) is 11.3 Å². The molecule has 3 aromatic rings. The van der Waals surface area contributed by atoms with Crippen LogP contribution in [-0.4, -0.2) is 20.9 Å². The van der Waals surface area contributed by atoms with Gasteiger partial charge in [0, 0.05) is 0 Å². The van der Waals surface area contributed by atoms with Crippen molar-refractivity contribution in [1.82, 2.24) is 20.3 Å². The number of hydrogen-bond acceptors (Lipinski definition) is 4. The Labute approximate surface area is 121 Å². The van der Waals surface area contributed by atoms with Crippen LogP contribution < -0.4 is 5.32 Å². The number of benzene rings is 1. The summed E-state index contributed by atoms with van der Waals surface area (Å²) in [7, 11) is 0. The SMILES string of the molecule is Cc1ccc(-n2cc(C(=O)NCc3ccco3)nn2)cc1. The molecule has 0 bridgehead atoms. The van der Waals surface area contributed by atoms with E-state index in [1.54, 1.807) is 29.3 Å². The van der Waals surface area contributed by atoms with E-state index in [1.807, 2.05) is 31.2 Å². The minimum Gasteiger partial charge on any atom is -0.467 e. The molecule has 3 rings (SSSR count). The molecule has 106 valence electrons. The van der Waals surface area contributed by atoms with E-state index in [0.29, 0.717) is 12.3 Å². The lowest BCUT2D eigenvalue weighted by molar-refractivity contribution is 0.0943. The zero-order chi connectivity index (χ0) is 14.7. The molecule has 21 heavy (non-hydrogen) atoms. The molecular formula is C15H14N4O2. The number of amides is 1. The predicted molar refractivity (Wildman–Crippen MR) is 76.0 cm³/mol. The second-order valence-electron chi connectivity index (χ2n) is 4.65. The molecule has 0 fully saturated rings. The summed E-state index contributed by atoms with van der Waals surface area (Å²) in [5.41, 5.74) is 2.29. The third-order valence-electron chi connectivity index (χ3n) is 3.03. The second-order valence-corrected chi connectivity index (χ2v) is 4.65. The number of carbonyl (C=O) groups is 1. The fourth-order valence-electron chi connectivity index (χ4n) is 1.86. The van der Waals surface area contributed by atoms with E-state index in [2.05, 4.69) is 15.6 Å².